The summed E-state index contributed by atoms with van der Waals surface area (Å²) >= 11 is 0. The second-order valence-electron chi connectivity index (χ2n) is 6.78. The minimum absolute atomic E-state index is 0.0157. The van der Waals surface area contributed by atoms with Crippen molar-refractivity contribution in [3.63, 3.8) is 0 Å². The number of carbonyl (C=O) groups is 3. The van der Waals surface area contributed by atoms with Crippen LogP contribution in [0.5, 0.6) is 0 Å². The molecule has 0 spiro atoms. The van der Waals surface area contributed by atoms with Crippen LogP contribution in [0.2, 0.25) is 0 Å². The lowest BCUT2D eigenvalue weighted by atomic mass is 9.99. The second-order valence-corrected chi connectivity index (χ2v) is 6.78. The summed E-state index contributed by atoms with van der Waals surface area (Å²) in [6.07, 6.45) is 0.0999. The fourth-order valence-corrected chi connectivity index (χ4v) is 2.87. The molecule has 1 aromatic heterocycles. The Balaban J connectivity index is 1.77. The SMILES string of the molecule is Cc1[nH]c(=O)c(C#N)c(C)c1CCC(=O)OCC(=O)NCC(=O)Nc1ccc(F)c(F)c1. The van der Waals surface area contributed by atoms with Crippen molar-refractivity contribution in [2.75, 3.05) is 18.5 Å². The summed E-state index contributed by atoms with van der Waals surface area (Å²) < 4.78 is 30.8. The molecule has 2 rings (SSSR count). The van der Waals surface area contributed by atoms with Crippen molar-refractivity contribution < 1.29 is 27.9 Å². The first kappa shape index (κ1) is 24.2. The van der Waals surface area contributed by atoms with Crippen LogP contribution in [0, 0.1) is 36.8 Å². The maximum Gasteiger partial charge on any atom is 0.306 e. The highest BCUT2D eigenvalue weighted by atomic mass is 19.2. The number of hydrogen-bond acceptors (Lipinski definition) is 6. The first-order valence-corrected chi connectivity index (χ1v) is 9.42. The van der Waals surface area contributed by atoms with Gasteiger partial charge in [-0.2, -0.15) is 5.26 Å². The molecule has 1 aromatic carbocycles. The molecule has 0 unspecified atom stereocenters. The van der Waals surface area contributed by atoms with Crippen LogP contribution in [-0.4, -0.2) is 35.9 Å². The summed E-state index contributed by atoms with van der Waals surface area (Å²) in [5, 5.41) is 13.6. The standard InChI is InChI=1S/C21H20F2N4O5/c1-11-14(12(2)26-21(31)15(11)8-24)4-6-20(30)32-10-19(29)25-9-18(28)27-13-3-5-16(22)17(23)7-13/h3,5,7H,4,6,9-10H2,1-2H3,(H,25,29)(H,26,31)(H,27,28). The molecule has 0 aliphatic heterocycles. The number of nitrogens with zero attached hydrogens (tertiary/aromatic N) is 1. The van der Waals surface area contributed by atoms with E-state index in [4.69, 9.17) is 10.00 Å². The number of nitrogens with one attached hydrogen (secondary N) is 3. The summed E-state index contributed by atoms with van der Waals surface area (Å²) in [7, 11) is 0. The third-order valence-corrected chi connectivity index (χ3v) is 4.51. The number of aryl methyl sites for hydroxylation is 1. The Hall–Kier alpha value is -4.07. The normalized spacial score (nSPS) is 10.2. The predicted octanol–water partition coefficient (Wildman–Crippen LogP) is 1.37. The zero-order valence-corrected chi connectivity index (χ0v) is 17.3. The number of rotatable bonds is 8. The van der Waals surface area contributed by atoms with Crippen LogP contribution in [0.15, 0.2) is 23.0 Å². The lowest BCUT2D eigenvalue weighted by Gasteiger charge is -2.11. The largest absolute Gasteiger partial charge is 0.456 e. The number of amides is 2. The molecule has 0 aliphatic carbocycles. The number of halogens is 2. The van der Waals surface area contributed by atoms with Crippen LogP contribution in [0.4, 0.5) is 14.5 Å². The molecule has 1 heterocycles. The van der Waals surface area contributed by atoms with Crippen LogP contribution >= 0.6 is 0 Å². The molecule has 0 saturated heterocycles. The lowest BCUT2D eigenvalue weighted by molar-refractivity contribution is -0.148. The Kier molecular flexibility index (Phi) is 8.17. The zero-order chi connectivity index (χ0) is 23.8. The summed E-state index contributed by atoms with van der Waals surface area (Å²) in [5.74, 6) is -4.30. The first-order valence-electron chi connectivity index (χ1n) is 9.42. The van der Waals surface area contributed by atoms with Gasteiger partial charge in [0.15, 0.2) is 18.2 Å². The number of benzene rings is 1. The fraction of sp³-hybridized carbons (Fsp3) is 0.286. The van der Waals surface area contributed by atoms with E-state index in [2.05, 4.69) is 15.6 Å². The Bertz CT molecular complexity index is 1150. The fourth-order valence-electron chi connectivity index (χ4n) is 2.87. The van der Waals surface area contributed by atoms with Crippen LogP contribution in [0.3, 0.4) is 0 Å². The van der Waals surface area contributed by atoms with Crippen molar-refractivity contribution in [2.45, 2.75) is 26.7 Å². The first-order chi connectivity index (χ1) is 15.1. The number of ether oxygens (including phenoxy) is 1. The molecule has 0 aliphatic rings. The van der Waals surface area contributed by atoms with E-state index in [0.29, 0.717) is 16.8 Å². The predicted molar refractivity (Wildman–Crippen MR) is 109 cm³/mol. The van der Waals surface area contributed by atoms with Crippen molar-refractivity contribution >= 4 is 23.5 Å². The molecule has 11 heteroatoms. The Morgan fingerprint density at radius 2 is 1.88 bits per heavy atom. The minimum Gasteiger partial charge on any atom is -0.456 e. The second kappa shape index (κ2) is 10.8. The molecule has 32 heavy (non-hydrogen) atoms. The van der Waals surface area contributed by atoms with Crippen LogP contribution < -0.4 is 16.2 Å². The number of hydrogen-bond donors (Lipinski definition) is 3. The van der Waals surface area contributed by atoms with Crippen molar-refractivity contribution in [3.8, 4) is 6.07 Å². The van der Waals surface area contributed by atoms with Crippen molar-refractivity contribution in [1.29, 1.82) is 5.26 Å². The van der Waals surface area contributed by atoms with Gasteiger partial charge in [-0.15, -0.1) is 0 Å². The van der Waals surface area contributed by atoms with Gasteiger partial charge in [-0.3, -0.25) is 19.2 Å². The van der Waals surface area contributed by atoms with E-state index < -0.39 is 48.1 Å². The molecule has 2 aromatic rings. The maximum absolute atomic E-state index is 13.1. The Morgan fingerprint density at radius 1 is 1.16 bits per heavy atom. The number of aromatic nitrogens is 1. The Morgan fingerprint density at radius 3 is 2.53 bits per heavy atom. The van der Waals surface area contributed by atoms with Crippen molar-refractivity contribution in [3.05, 3.63) is 62.6 Å². The summed E-state index contributed by atoms with van der Waals surface area (Å²) in [5.41, 5.74) is 1.13. The van der Waals surface area contributed by atoms with E-state index >= 15 is 0 Å². The quantitative estimate of drug-likeness (QED) is 0.523. The monoisotopic (exact) mass is 446 g/mol. The molecule has 0 atom stereocenters. The smallest absolute Gasteiger partial charge is 0.306 e. The van der Waals surface area contributed by atoms with Crippen LogP contribution in [0.25, 0.3) is 0 Å². The van der Waals surface area contributed by atoms with Gasteiger partial charge in [0, 0.05) is 23.9 Å². The highest BCUT2D eigenvalue weighted by molar-refractivity contribution is 5.94. The summed E-state index contributed by atoms with van der Waals surface area (Å²) in [6, 6.07) is 4.62. The van der Waals surface area contributed by atoms with Gasteiger partial charge in [0.2, 0.25) is 5.91 Å². The van der Waals surface area contributed by atoms with E-state index in [1.165, 1.54) is 0 Å². The van der Waals surface area contributed by atoms with Gasteiger partial charge in [0.05, 0.1) is 6.54 Å². The minimum atomic E-state index is -1.13. The van der Waals surface area contributed by atoms with Gasteiger partial charge in [-0.25, -0.2) is 8.78 Å². The van der Waals surface area contributed by atoms with Gasteiger partial charge < -0.3 is 20.4 Å². The molecular formula is C21H20F2N4O5. The van der Waals surface area contributed by atoms with Gasteiger partial charge in [0.25, 0.3) is 11.5 Å². The molecule has 0 bridgehead atoms. The number of esters is 1. The van der Waals surface area contributed by atoms with Gasteiger partial charge >= 0.3 is 5.97 Å². The topological polar surface area (TPSA) is 141 Å². The number of H-pyrrole nitrogens is 1. The average molecular weight is 446 g/mol. The molecule has 0 saturated carbocycles. The molecular weight excluding hydrogens is 426 g/mol. The number of aromatic amines is 1. The van der Waals surface area contributed by atoms with Gasteiger partial charge in [0.1, 0.15) is 11.6 Å². The number of nitriles is 1. The molecule has 0 radical (unpaired) electrons. The average Bonchev–Trinajstić information content (AvgIpc) is 2.73. The van der Waals surface area contributed by atoms with E-state index in [9.17, 15) is 28.0 Å². The van der Waals surface area contributed by atoms with E-state index in [1.54, 1.807) is 13.8 Å². The van der Waals surface area contributed by atoms with Crippen LogP contribution in [0.1, 0.15) is 28.8 Å². The zero-order valence-electron chi connectivity index (χ0n) is 17.3. The summed E-state index contributed by atoms with van der Waals surface area (Å²) in [6.45, 7) is 2.17. The molecule has 168 valence electrons. The van der Waals surface area contributed by atoms with E-state index in [-0.39, 0.29) is 24.1 Å². The lowest BCUT2D eigenvalue weighted by Crippen LogP contribution is -2.35. The molecule has 0 fully saturated rings. The molecule has 3 N–H and O–H groups in total. The summed E-state index contributed by atoms with van der Waals surface area (Å²) in [4.78, 5) is 49.7. The van der Waals surface area contributed by atoms with E-state index in [0.717, 1.165) is 18.2 Å². The number of carbonyl (C=O) groups excluding carboxylic acids is 3. The number of pyridine rings is 1. The van der Waals surface area contributed by atoms with Crippen LogP contribution in [-0.2, 0) is 25.5 Å². The van der Waals surface area contributed by atoms with Crippen molar-refractivity contribution in [2.24, 2.45) is 0 Å². The third-order valence-electron chi connectivity index (χ3n) is 4.51. The van der Waals surface area contributed by atoms with Gasteiger partial charge in [-0.05, 0) is 43.5 Å². The highest BCUT2D eigenvalue weighted by Crippen LogP contribution is 2.15. The van der Waals surface area contributed by atoms with Crippen molar-refractivity contribution in [1.82, 2.24) is 10.3 Å². The Labute approximate surface area is 181 Å². The maximum atomic E-state index is 13.1. The molecule has 2 amide bonds. The molecule has 9 nitrogen and oxygen atoms in total. The van der Waals surface area contributed by atoms with E-state index in [1.807, 2.05) is 6.07 Å². The highest BCUT2D eigenvalue weighted by Gasteiger charge is 2.15. The van der Waals surface area contributed by atoms with Gasteiger partial charge in [-0.1, -0.05) is 0 Å². The number of anilines is 1. The third kappa shape index (κ3) is 6.46.